The molecule has 0 fully saturated rings. The molecule has 0 spiro atoms. The Kier molecular flexibility index (Phi) is 5.41. The number of nitrogens with one attached hydrogen (secondary N) is 1. The third-order valence-corrected chi connectivity index (χ3v) is 2.82. The first-order valence-corrected chi connectivity index (χ1v) is 5.81. The number of hydrogen-bond acceptors (Lipinski definition) is 4. The molecule has 1 aromatic carbocycles. The van der Waals surface area contributed by atoms with Gasteiger partial charge in [-0.1, -0.05) is 6.07 Å². The molecule has 17 heavy (non-hydrogen) atoms. The summed E-state index contributed by atoms with van der Waals surface area (Å²) in [6, 6.07) is 4.14. The summed E-state index contributed by atoms with van der Waals surface area (Å²) in [7, 11) is 1.68. The third kappa shape index (κ3) is 4.00. The van der Waals surface area contributed by atoms with Crippen molar-refractivity contribution in [1.29, 1.82) is 0 Å². The Morgan fingerprint density at radius 1 is 1.35 bits per heavy atom. The summed E-state index contributed by atoms with van der Waals surface area (Å²) in [5.74, 6) is 0.910. The van der Waals surface area contributed by atoms with Crippen molar-refractivity contribution in [2.75, 3.05) is 20.2 Å². The van der Waals surface area contributed by atoms with Crippen LogP contribution < -0.4 is 15.8 Å². The van der Waals surface area contributed by atoms with Crippen molar-refractivity contribution >= 4 is 0 Å². The molecule has 4 heteroatoms. The molecule has 0 saturated heterocycles. The maximum atomic E-state index is 9.33. The molecule has 0 aliphatic heterocycles. The highest BCUT2D eigenvalue weighted by Gasteiger charge is 2.05. The number of benzene rings is 1. The van der Waals surface area contributed by atoms with Crippen LogP contribution >= 0.6 is 0 Å². The van der Waals surface area contributed by atoms with Gasteiger partial charge in [0.05, 0.1) is 13.2 Å². The summed E-state index contributed by atoms with van der Waals surface area (Å²) in [5, 5.41) is 12.5. The van der Waals surface area contributed by atoms with Crippen LogP contribution in [0.1, 0.15) is 16.7 Å². The van der Waals surface area contributed by atoms with E-state index in [1.54, 1.807) is 7.11 Å². The lowest BCUT2D eigenvalue weighted by Gasteiger charge is -2.13. The van der Waals surface area contributed by atoms with Crippen LogP contribution in [0.2, 0.25) is 0 Å². The van der Waals surface area contributed by atoms with Gasteiger partial charge in [0.1, 0.15) is 5.75 Å². The highest BCUT2D eigenvalue weighted by atomic mass is 16.5. The van der Waals surface area contributed by atoms with Crippen molar-refractivity contribution in [3.63, 3.8) is 0 Å². The van der Waals surface area contributed by atoms with Crippen molar-refractivity contribution in [3.8, 4) is 5.75 Å². The minimum Gasteiger partial charge on any atom is -0.496 e. The largest absolute Gasteiger partial charge is 0.496 e. The second-order valence-corrected chi connectivity index (χ2v) is 4.27. The molecule has 0 aliphatic carbocycles. The maximum Gasteiger partial charge on any atom is 0.122 e. The van der Waals surface area contributed by atoms with Crippen molar-refractivity contribution in [1.82, 2.24) is 5.32 Å². The SMILES string of the molecule is COc1cc(C)c(CNCC(O)CN)cc1C. The molecular formula is C13H22N2O2. The van der Waals surface area contributed by atoms with E-state index in [4.69, 9.17) is 10.5 Å². The van der Waals surface area contributed by atoms with Gasteiger partial charge in [-0.25, -0.2) is 0 Å². The van der Waals surface area contributed by atoms with E-state index < -0.39 is 6.10 Å². The van der Waals surface area contributed by atoms with E-state index in [0.29, 0.717) is 6.54 Å². The summed E-state index contributed by atoms with van der Waals surface area (Å²) >= 11 is 0. The second kappa shape index (κ2) is 6.59. The lowest BCUT2D eigenvalue weighted by atomic mass is 10.0. The van der Waals surface area contributed by atoms with Gasteiger partial charge in [-0.3, -0.25) is 0 Å². The van der Waals surface area contributed by atoms with E-state index >= 15 is 0 Å². The van der Waals surface area contributed by atoms with Crippen molar-refractivity contribution in [2.24, 2.45) is 5.73 Å². The normalized spacial score (nSPS) is 12.5. The van der Waals surface area contributed by atoms with Gasteiger partial charge in [-0.15, -0.1) is 0 Å². The smallest absolute Gasteiger partial charge is 0.122 e. The van der Waals surface area contributed by atoms with Crippen molar-refractivity contribution in [3.05, 3.63) is 28.8 Å². The first kappa shape index (κ1) is 14.0. The van der Waals surface area contributed by atoms with Crippen molar-refractivity contribution < 1.29 is 9.84 Å². The van der Waals surface area contributed by atoms with Crippen LogP contribution in [0.3, 0.4) is 0 Å². The average Bonchev–Trinajstić information content (AvgIpc) is 2.32. The van der Waals surface area contributed by atoms with Gasteiger partial charge in [0.15, 0.2) is 0 Å². The van der Waals surface area contributed by atoms with E-state index in [9.17, 15) is 5.11 Å². The molecule has 96 valence electrons. The Bertz CT molecular complexity index is 367. The first-order valence-electron chi connectivity index (χ1n) is 5.81. The Hall–Kier alpha value is -1.10. The number of aliphatic hydroxyl groups is 1. The van der Waals surface area contributed by atoms with Gasteiger partial charge in [0.2, 0.25) is 0 Å². The Labute approximate surface area is 103 Å². The zero-order chi connectivity index (χ0) is 12.8. The fraction of sp³-hybridized carbons (Fsp3) is 0.538. The van der Waals surface area contributed by atoms with Crippen LogP contribution in [0, 0.1) is 13.8 Å². The molecule has 0 aliphatic rings. The molecule has 4 nitrogen and oxygen atoms in total. The number of rotatable bonds is 6. The molecule has 0 amide bonds. The molecule has 4 N–H and O–H groups in total. The zero-order valence-corrected chi connectivity index (χ0v) is 10.8. The standard InChI is InChI=1S/C13H22N2O2/c1-9-5-13(17-3)10(2)4-11(9)7-15-8-12(16)6-14/h4-5,12,15-16H,6-8,14H2,1-3H3. The Balaban J connectivity index is 2.62. The van der Waals surface area contributed by atoms with Gasteiger partial charge in [0, 0.05) is 19.6 Å². The van der Waals surface area contributed by atoms with Crippen LogP contribution in [0.4, 0.5) is 0 Å². The summed E-state index contributed by atoms with van der Waals surface area (Å²) < 4.78 is 5.26. The topological polar surface area (TPSA) is 67.5 Å². The van der Waals surface area contributed by atoms with Crippen molar-refractivity contribution in [2.45, 2.75) is 26.5 Å². The monoisotopic (exact) mass is 238 g/mol. The molecule has 1 atom stereocenters. The van der Waals surface area contributed by atoms with Crippen LogP contribution in [0.5, 0.6) is 5.75 Å². The zero-order valence-electron chi connectivity index (χ0n) is 10.8. The second-order valence-electron chi connectivity index (χ2n) is 4.27. The average molecular weight is 238 g/mol. The Morgan fingerprint density at radius 3 is 2.65 bits per heavy atom. The molecule has 0 saturated carbocycles. The van der Waals surface area contributed by atoms with E-state index in [2.05, 4.69) is 18.3 Å². The van der Waals surface area contributed by atoms with Crippen LogP contribution in [0.15, 0.2) is 12.1 Å². The fourth-order valence-electron chi connectivity index (χ4n) is 1.72. The van der Waals surface area contributed by atoms with Gasteiger partial charge in [-0.05, 0) is 36.6 Å². The van der Waals surface area contributed by atoms with Gasteiger partial charge >= 0.3 is 0 Å². The summed E-state index contributed by atoms with van der Waals surface area (Å²) in [6.07, 6.45) is -0.477. The van der Waals surface area contributed by atoms with E-state index in [0.717, 1.165) is 17.9 Å². The Morgan fingerprint density at radius 2 is 2.06 bits per heavy atom. The van der Waals surface area contributed by atoms with Gasteiger partial charge < -0.3 is 20.9 Å². The molecule has 0 bridgehead atoms. The molecule has 1 aromatic rings. The summed E-state index contributed by atoms with van der Waals surface area (Å²) in [6.45, 7) is 5.61. The predicted molar refractivity (Wildman–Crippen MR) is 69.2 cm³/mol. The fourth-order valence-corrected chi connectivity index (χ4v) is 1.72. The van der Waals surface area contributed by atoms with Crippen LogP contribution in [0.25, 0.3) is 0 Å². The number of aryl methyl sites for hydroxylation is 2. The molecule has 1 rings (SSSR count). The molecule has 1 unspecified atom stereocenters. The lowest BCUT2D eigenvalue weighted by molar-refractivity contribution is 0.179. The number of hydrogen-bond donors (Lipinski definition) is 3. The van der Waals surface area contributed by atoms with Crippen LogP contribution in [-0.2, 0) is 6.54 Å². The van der Waals surface area contributed by atoms with Crippen LogP contribution in [-0.4, -0.2) is 31.4 Å². The summed E-state index contributed by atoms with van der Waals surface area (Å²) in [4.78, 5) is 0. The molecule has 0 heterocycles. The highest BCUT2D eigenvalue weighted by Crippen LogP contribution is 2.22. The van der Waals surface area contributed by atoms with Gasteiger partial charge in [0.25, 0.3) is 0 Å². The highest BCUT2D eigenvalue weighted by molar-refractivity contribution is 5.41. The van der Waals surface area contributed by atoms with E-state index in [1.165, 1.54) is 11.1 Å². The number of methoxy groups -OCH3 is 1. The predicted octanol–water partition coefficient (Wildman–Crippen LogP) is 0.721. The van der Waals surface area contributed by atoms with Gasteiger partial charge in [-0.2, -0.15) is 0 Å². The molecule has 0 radical (unpaired) electrons. The minimum absolute atomic E-state index is 0.285. The quantitative estimate of drug-likeness (QED) is 0.683. The molecule has 0 aromatic heterocycles. The number of ether oxygens (including phenoxy) is 1. The minimum atomic E-state index is -0.477. The lowest BCUT2D eigenvalue weighted by Crippen LogP contribution is -2.32. The third-order valence-electron chi connectivity index (χ3n) is 2.82. The number of nitrogens with two attached hydrogens (primary N) is 1. The van der Waals surface area contributed by atoms with E-state index in [-0.39, 0.29) is 6.54 Å². The number of aliphatic hydroxyl groups excluding tert-OH is 1. The summed E-state index contributed by atoms with van der Waals surface area (Å²) in [5.41, 5.74) is 8.85. The molecular weight excluding hydrogens is 216 g/mol. The van der Waals surface area contributed by atoms with E-state index in [1.807, 2.05) is 13.0 Å². The maximum absolute atomic E-state index is 9.33. The first-order chi connectivity index (χ1) is 8.08.